The number of allylic oxidation sites excluding steroid dienone is 10. The molecule has 5 nitrogen and oxygen atoms in total. The second-order valence-corrected chi connectivity index (χ2v) is 21.5. The maximum atomic E-state index is 12.3. The van der Waals surface area contributed by atoms with E-state index in [9.17, 15) is 14.7 Å². The highest BCUT2D eigenvalue weighted by Crippen LogP contribution is 2.18. The number of hydrogen-bond donors (Lipinski definition) is 1. The molecule has 0 bridgehead atoms. The van der Waals surface area contributed by atoms with E-state index >= 15 is 0 Å². The average molecular weight is 1010 g/mol. The van der Waals surface area contributed by atoms with E-state index in [0.29, 0.717) is 12.8 Å². The van der Waals surface area contributed by atoms with Crippen molar-refractivity contribution < 1.29 is 24.2 Å². The normalized spacial score (nSPS) is 12.5. The van der Waals surface area contributed by atoms with Gasteiger partial charge < -0.3 is 14.6 Å². The van der Waals surface area contributed by atoms with Gasteiger partial charge in [0.25, 0.3) is 0 Å². The smallest absolute Gasteiger partial charge is 0.306 e. The largest absolute Gasteiger partial charge is 0.462 e. The summed E-state index contributed by atoms with van der Waals surface area (Å²) in [7, 11) is 0. The molecule has 1 unspecified atom stereocenters. The molecule has 0 saturated heterocycles. The quantitative estimate of drug-likeness (QED) is 0.0373. The molecular formula is C67H122O5. The maximum Gasteiger partial charge on any atom is 0.306 e. The third kappa shape index (κ3) is 60.2. The Balaban J connectivity index is 3.42. The molecule has 0 aliphatic heterocycles. The summed E-state index contributed by atoms with van der Waals surface area (Å²) in [4.78, 5) is 24.6. The Kier molecular flexibility index (Phi) is 60.8. The van der Waals surface area contributed by atoms with Gasteiger partial charge >= 0.3 is 11.9 Å². The van der Waals surface area contributed by atoms with Crippen LogP contribution >= 0.6 is 0 Å². The Bertz CT molecular complexity index is 1230. The van der Waals surface area contributed by atoms with E-state index < -0.39 is 6.10 Å². The molecule has 0 amide bonds. The molecule has 0 rings (SSSR count). The Morgan fingerprint density at radius 1 is 0.333 bits per heavy atom. The number of rotatable bonds is 59. The minimum absolute atomic E-state index is 0.0691. The highest BCUT2D eigenvalue weighted by atomic mass is 16.6. The molecule has 5 heteroatoms. The molecule has 72 heavy (non-hydrogen) atoms. The third-order valence-electron chi connectivity index (χ3n) is 14.3. The number of carbonyl (C=O) groups is 2. The summed E-state index contributed by atoms with van der Waals surface area (Å²) in [6.07, 6.45) is 85.2. The van der Waals surface area contributed by atoms with Crippen LogP contribution < -0.4 is 0 Å². The number of aliphatic hydroxyl groups is 1. The average Bonchev–Trinajstić information content (AvgIpc) is 3.38. The topological polar surface area (TPSA) is 72.8 Å². The fraction of sp³-hybridized carbons (Fsp3) is 0.821. The van der Waals surface area contributed by atoms with Crippen molar-refractivity contribution in [1.29, 1.82) is 0 Å². The Morgan fingerprint density at radius 3 is 0.903 bits per heavy atom. The zero-order valence-electron chi connectivity index (χ0n) is 48.2. The van der Waals surface area contributed by atoms with Crippen LogP contribution in [0.3, 0.4) is 0 Å². The molecule has 1 N–H and O–H groups in total. The van der Waals surface area contributed by atoms with Gasteiger partial charge in [0, 0.05) is 12.8 Å². The Labute approximate surface area is 449 Å². The monoisotopic (exact) mass is 1010 g/mol. The molecule has 0 aromatic rings. The third-order valence-corrected chi connectivity index (χ3v) is 14.3. The van der Waals surface area contributed by atoms with Crippen LogP contribution in [0.2, 0.25) is 0 Å². The zero-order chi connectivity index (χ0) is 52.0. The van der Waals surface area contributed by atoms with Crippen LogP contribution in [-0.2, 0) is 19.1 Å². The lowest BCUT2D eigenvalue weighted by Gasteiger charge is -2.15. The van der Waals surface area contributed by atoms with E-state index in [-0.39, 0.29) is 25.2 Å². The number of carbonyl (C=O) groups excluding carboxylic acids is 2. The maximum absolute atomic E-state index is 12.3. The number of aliphatic hydroxyl groups excluding tert-OH is 1. The minimum Gasteiger partial charge on any atom is -0.462 e. The number of esters is 2. The summed E-state index contributed by atoms with van der Waals surface area (Å²) in [6.45, 7) is 4.06. The van der Waals surface area contributed by atoms with E-state index in [1.54, 1.807) is 0 Å². The van der Waals surface area contributed by atoms with Gasteiger partial charge in [0.1, 0.15) is 6.61 Å². The van der Waals surface area contributed by atoms with Crippen LogP contribution in [0.4, 0.5) is 0 Å². The van der Waals surface area contributed by atoms with Crippen molar-refractivity contribution in [2.45, 2.75) is 341 Å². The SMILES string of the molecule is CC/C=C\C/C=C\C/C=C\C/C=C\C/C=C\CCCCCCCCCC(=O)OC(CO)COC(=O)CCCCCCCCCCCCCCCCCCCCCCCCCCCCCCCCCCCCC. The molecule has 0 saturated carbocycles. The van der Waals surface area contributed by atoms with E-state index in [1.165, 1.54) is 231 Å². The van der Waals surface area contributed by atoms with Crippen molar-refractivity contribution in [3.8, 4) is 0 Å². The molecule has 0 aromatic carbocycles. The van der Waals surface area contributed by atoms with Crippen molar-refractivity contribution in [2.24, 2.45) is 0 Å². The van der Waals surface area contributed by atoms with Crippen LogP contribution in [0.5, 0.6) is 0 Å². The molecule has 0 heterocycles. The fourth-order valence-electron chi connectivity index (χ4n) is 9.59. The summed E-state index contributed by atoms with van der Waals surface area (Å²) in [5, 5.41) is 9.67. The second kappa shape index (κ2) is 62.9. The van der Waals surface area contributed by atoms with Crippen molar-refractivity contribution in [2.75, 3.05) is 13.2 Å². The van der Waals surface area contributed by atoms with Gasteiger partial charge in [0.15, 0.2) is 6.10 Å². The molecule has 0 aliphatic rings. The standard InChI is InChI=1S/C67H122O5/c1-3-5-7-9-11-13-15-17-19-21-23-25-27-28-29-30-31-32-33-34-35-36-37-38-40-41-43-45-47-49-51-53-55-57-59-61-66(69)71-64-65(63-68)72-67(70)62-60-58-56-54-52-50-48-46-44-42-39-26-24-22-20-18-16-14-12-10-8-6-4-2/h6,8,12,14,18,20,24,26,42,44,65,68H,3-5,7,9-11,13,15-17,19,21-23,25,27-41,43,45-64H2,1-2H3/b8-6-,14-12-,20-18-,26-24-,44-42-. The highest BCUT2D eigenvalue weighted by Gasteiger charge is 2.16. The van der Waals surface area contributed by atoms with Crippen molar-refractivity contribution in [1.82, 2.24) is 0 Å². The van der Waals surface area contributed by atoms with Gasteiger partial charge in [-0.25, -0.2) is 0 Å². The van der Waals surface area contributed by atoms with Crippen molar-refractivity contribution in [3.05, 3.63) is 60.8 Å². The van der Waals surface area contributed by atoms with E-state index in [1.807, 2.05) is 0 Å². The minimum atomic E-state index is -0.780. The van der Waals surface area contributed by atoms with E-state index in [2.05, 4.69) is 74.6 Å². The molecular weight excluding hydrogens is 885 g/mol. The molecule has 1 atom stereocenters. The first-order valence-corrected chi connectivity index (χ1v) is 31.8. The van der Waals surface area contributed by atoms with Crippen LogP contribution in [0.25, 0.3) is 0 Å². The summed E-state index contributed by atoms with van der Waals surface area (Å²) >= 11 is 0. The first-order valence-electron chi connectivity index (χ1n) is 31.8. The number of ether oxygens (including phenoxy) is 2. The number of unbranched alkanes of at least 4 members (excludes halogenated alkanes) is 41. The summed E-state index contributed by atoms with van der Waals surface area (Å²) in [5.41, 5.74) is 0. The van der Waals surface area contributed by atoms with Gasteiger partial charge in [-0.3, -0.25) is 9.59 Å². The Hall–Kier alpha value is -2.40. The molecule has 0 aliphatic carbocycles. The lowest BCUT2D eigenvalue weighted by atomic mass is 10.0. The predicted molar refractivity (Wildman–Crippen MR) is 316 cm³/mol. The van der Waals surface area contributed by atoms with Gasteiger partial charge in [0.05, 0.1) is 6.61 Å². The first-order chi connectivity index (χ1) is 35.6. The van der Waals surface area contributed by atoms with Crippen LogP contribution in [0, 0.1) is 0 Å². The van der Waals surface area contributed by atoms with Gasteiger partial charge in [-0.2, -0.15) is 0 Å². The van der Waals surface area contributed by atoms with Gasteiger partial charge in [-0.15, -0.1) is 0 Å². The van der Waals surface area contributed by atoms with Gasteiger partial charge in [0.2, 0.25) is 0 Å². The first kappa shape index (κ1) is 69.6. The van der Waals surface area contributed by atoms with Crippen LogP contribution in [0.1, 0.15) is 335 Å². The summed E-state index contributed by atoms with van der Waals surface area (Å²) < 4.78 is 10.7. The zero-order valence-corrected chi connectivity index (χ0v) is 48.2. The molecule has 0 fully saturated rings. The summed E-state index contributed by atoms with van der Waals surface area (Å²) in [6, 6.07) is 0. The molecule has 0 radical (unpaired) electrons. The summed E-state index contributed by atoms with van der Waals surface area (Å²) in [5.74, 6) is -0.591. The predicted octanol–water partition coefficient (Wildman–Crippen LogP) is 21.8. The van der Waals surface area contributed by atoms with E-state index in [0.717, 1.165) is 77.0 Å². The lowest BCUT2D eigenvalue weighted by Crippen LogP contribution is -2.28. The second-order valence-electron chi connectivity index (χ2n) is 21.5. The molecule has 0 spiro atoms. The highest BCUT2D eigenvalue weighted by molar-refractivity contribution is 5.70. The number of hydrogen-bond acceptors (Lipinski definition) is 5. The van der Waals surface area contributed by atoms with Gasteiger partial charge in [-0.1, -0.05) is 325 Å². The molecule has 420 valence electrons. The van der Waals surface area contributed by atoms with Crippen LogP contribution in [0.15, 0.2) is 60.8 Å². The van der Waals surface area contributed by atoms with Crippen molar-refractivity contribution in [3.63, 3.8) is 0 Å². The van der Waals surface area contributed by atoms with E-state index in [4.69, 9.17) is 9.47 Å². The fourth-order valence-corrected chi connectivity index (χ4v) is 9.59. The Morgan fingerprint density at radius 2 is 0.597 bits per heavy atom. The lowest BCUT2D eigenvalue weighted by molar-refractivity contribution is -0.161. The van der Waals surface area contributed by atoms with Crippen LogP contribution in [-0.4, -0.2) is 36.4 Å². The molecule has 0 aromatic heterocycles. The van der Waals surface area contributed by atoms with Gasteiger partial charge in [-0.05, 0) is 57.8 Å². The van der Waals surface area contributed by atoms with Crippen molar-refractivity contribution >= 4 is 11.9 Å².